The van der Waals surface area contributed by atoms with E-state index in [2.05, 4.69) is 15.9 Å². The van der Waals surface area contributed by atoms with Gasteiger partial charge in [-0.25, -0.2) is 12.8 Å². The molecule has 1 aromatic carbocycles. The number of rotatable bonds is 4. The van der Waals surface area contributed by atoms with Crippen LogP contribution in [0, 0.1) is 5.82 Å². The molecule has 0 N–H and O–H groups in total. The van der Waals surface area contributed by atoms with Crippen LogP contribution in [0.3, 0.4) is 0 Å². The highest BCUT2D eigenvalue weighted by Crippen LogP contribution is 2.19. The van der Waals surface area contributed by atoms with E-state index in [0.29, 0.717) is 10.4 Å². The first-order valence-electron chi connectivity index (χ1n) is 7.84. The number of halogens is 2. The highest BCUT2D eigenvalue weighted by Gasteiger charge is 2.29. The van der Waals surface area contributed by atoms with Gasteiger partial charge in [-0.1, -0.05) is 0 Å². The Balaban J connectivity index is 1.60. The predicted molar refractivity (Wildman–Crippen MR) is 97.2 cm³/mol. The van der Waals surface area contributed by atoms with E-state index in [0.717, 1.165) is 12.1 Å². The monoisotopic (exact) mass is 442 g/mol. The molecule has 1 fully saturated rings. The molecule has 0 spiro atoms. The highest BCUT2D eigenvalue weighted by atomic mass is 79.9. The van der Waals surface area contributed by atoms with Crippen LogP contribution in [-0.2, 0) is 14.8 Å². The van der Waals surface area contributed by atoms with Gasteiger partial charge in [0.05, 0.1) is 4.90 Å². The fourth-order valence-electron chi connectivity index (χ4n) is 2.58. The first kappa shape index (κ1) is 18.8. The minimum Gasteiger partial charge on any atom is -0.450 e. The van der Waals surface area contributed by atoms with Crippen molar-refractivity contribution in [3.05, 3.63) is 58.7 Å². The van der Waals surface area contributed by atoms with E-state index in [1.54, 1.807) is 23.1 Å². The first-order valence-corrected chi connectivity index (χ1v) is 10.1. The summed E-state index contributed by atoms with van der Waals surface area (Å²) >= 11 is 3.18. The Morgan fingerprint density at radius 1 is 1.08 bits per heavy atom. The summed E-state index contributed by atoms with van der Waals surface area (Å²) in [6.45, 7) is 0.939. The molecule has 0 radical (unpaired) electrons. The van der Waals surface area contributed by atoms with E-state index in [1.165, 1.54) is 22.5 Å². The van der Waals surface area contributed by atoms with Gasteiger partial charge in [0.1, 0.15) is 11.6 Å². The van der Waals surface area contributed by atoms with E-state index in [9.17, 15) is 17.6 Å². The van der Waals surface area contributed by atoms with Crippen molar-refractivity contribution >= 4 is 37.9 Å². The van der Waals surface area contributed by atoms with Crippen LogP contribution in [0.4, 0.5) is 4.39 Å². The third kappa shape index (κ3) is 4.22. The molecule has 2 aromatic rings. The average Bonchev–Trinajstić information content (AvgIpc) is 3.05. The maximum absolute atomic E-state index is 13.0. The molecule has 3 rings (SSSR count). The number of hydrogen-bond donors (Lipinski definition) is 0. The molecule has 1 aliphatic heterocycles. The lowest BCUT2D eigenvalue weighted by Gasteiger charge is -2.33. The van der Waals surface area contributed by atoms with Crippen molar-refractivity contribution < 1.29 is 22.0 Å². The van der Waals surface area contributed by atoms with Crippen molar-refractivity contribution in [2.45, 2.75) is 4.90 Å². The van der Waals surface area contributed by atoms with E-state index in [1.807, 2.05) is 0 Å². The second-order valence-corrected chi connectivity index (χ2v) is 8.38. The molecule has 1 aromatic heterocycles. The van der Waals surface area contributed by atoms with E-state index in [-0.39, 0.29) is 37.0 Å². The lowest BCUT2D eigenvalue weighted by molar-refractivity contribution is -0.127. The van der Waals surface area contributed by atoms with Crippen molar-refractivity contribution in [2.24, 2.45) is 0 Å². The molecule has 1 aliphatic rings. The van der Waals surface area contributed by atoms with Crippen molar-refractivity contribution in [2.75, 3.05) is 26.2 Å². The summed E-state index contributed by atoms with van der Waals surface area (Å²) in [6, 6.07) is 8.16. The fraction of sp³-hybridized carbons (Fsp3) is 0.235. The molecule has 6 nitrogen and oxygen atoms in total. The molecule has 0 unspecified atom stereocenters. The maximum Gasteiger partial charge on any atom is 0.246 e. The van der Waals surface area contributed by atoms with Crippen molar-refractivity contribution in [3.63, 3.8) is 0 Å². The van der Waals surface area contributed by atoms with E-state index < -0.39 is 15.8 Å². The van der Waals surface area contributed by atoms with Gasteiger partial charge in [-0.3, -0.25) is 4.79 Å². The normalized spacial score (nSPS) is 16.3. The molecular weight excluding hydrogens is 427 g/mol. The average molecular weight is 443 g/mol. The number of amides is 1. The van der Waals surface area contributed by atoms with Gasteiger partial charge >= 0.3 is 0 Å². The molecule has 1 saturated heterocycles. The lowest BCUT2D eigenvalue weighted by Crippen LogP contribution is -2.50. The van der Waals surface area contributed by atoms with Crippen molar-refractivity contribution in [1.82, 2.24) is 9.21 Å². The number of hydrogen-bond acceptors (Lipinski definition) is 4. The molecule has 0 saturated carbocycles. The van der Waals surface area contributed by atoms with Gasteiger partial charge in [-0.05, 0) is 58.4 Å². The number of sulfonamides is 1. The van der Waals surface area contributed by atoms with Crippen LogP contribution in [0.15, 0.2) is 56.5 Å². The topological polar surface area (TPSA) is 70.8 Å². The minimum absolute atomic E-state index is 0.0435. The molecule has 2 heterocycles. The van der Waals surface area contributed by atoms with E-state index >= 15 is 0 Å². The van der Waals surface area contributed by atoms with Gasteiger partial charge in [0.15, 0.2) is 4.67 Å². The molecule has 26 heavy (non-hydrogen) atoms. The zero-order valence-corrected chi connectivity index (χ0v) is 16.0. The Bertz CT molecular complexity index is 916. The number of furan rings is 1. The quantitative estimate of drug-likeness (QED) is 0.682. The molecule has 9 heteroatoms. The van der Waals surface area contributed by atoms with Gasteiger partial charge in [0, 0.05) is 32.3 Å². The maximum atomic E-state index is 13.0. The van der Waals surface area contributed by atoms with Crippen LogP contribution in [0.1, 0.15) is 5.76 Å². The Labute approximate surface area is 159 Å². The molecule has 1 amide bonds. The largest absolute Gasteiger partial charge is 0.450 e. The molecule has 0 bridgehead atoms. The smallest absolute Gasteiger partial charge is 0.246 e. The summed E-state index contributed by atoms with van der Waals surface area (Å²) in [7, 11) is -3.69. The lowest BCUT2D eigenvalue weighted by atomic mass is 10.3. The predicted octanol–water partition coefficient (Wildman–Crippen LogP) is 2.73. The van der Waals surface area contributed by atoms with Gasteiger partial charge in [0.2, 0.25) is 15.9 Å². The second-order valence-electron chi connectivity index (χ2n) is 5.66. The van der Waals surface area contributed by atoms with Gasteiger partial charge in [-0.15, -0.1) is 0 Å². The first-order chi connectivity index (χ1) is 12.4. The molecule has 0 atom stereocenters. The van der Waals surface area contributed by atoms with Crippen LogP contribution in [0.2, 0.25) is 0 Å². The van der Waals surface area contributed by atoms with Crippen molar-refractivity contribution in [3.8, 4) is 0 Å². The Hall–Kier alpha value is -1.97. The summed E-state index contributed by atoms with van der Waals surface area (Å²) in [5.41, 5.74) is 0. The second kappa shape index (κ2) is 7.73. The summed E-state index contributed by atoms with van der Waals surface area (Å²) in [5, 5.41) is 0. The minimum atomic E-state index is -3.69. The zero-order valence-electron chi connectivity index (χ0n) is 13.6. The van der Waals surface area contributed by atoms with Gasteiger partial charge in [-0.2, -0.15) is 4.31 Å². The zero-order chi connectivity index (χ0) is 18.7. The standard InChI is InChI=1S/C17H16BrFN2O4S/c18-16-7-3-14(25-16)4-8-17(22)20-9-11-21(12-10-20)26(23,24)15-5-1-13(19)2-6-15/h1-8H,9-12H2. The summed E-state index contributed by atoms with van der Waals surface area (Å²) in [4.78, 5) is 13.8. The van der Waals surface area contributed by atoms with Gasteiger partial charge in [0.25, 0.3) is 0 Å². The molecule has 138 valence electrons. The highest BCUT2D eigenvalue weighted by molar-refractivity contribution is 9.10. The molecule has 0 aliphatic carbocycles. The third-order valence-corrected chi connectivity index (χ3v) is 6.32. The SMILES string of the molecule is O=C(C=Cc1ccc(Br)o1)N1CCN(S(=O)(=O)c2ccc(F)cc2)CC1. The Morgan fingerprint density at radius 3 is 2.31 bits per heavy atom. The number of benzene rings is 1. The number of nitrogens with zero attached hydrogens (tertiary/aromatic N) is 2. The van der Waals surface area contributed by atoms with Crippen LogP contribution in [-0.4, -0.2) is 49.7 Å². The summed E-state index contributed by atoms with van der Waals surface area (Å²) < 4.78 is 45.3. The number of carbonyl (C=O) groups excluding carboxylic acids is 1. The van der Waals surface area contributed by atoms with Crippen molar-refractivity contribution in [1.29, 1.82) is 0 Å². The Morgan fingerprint density at radius 2 is 1.73 bits per heavy atom. The van der Waals surface area contributed by atoms with Crippen LogP contribution in [0.25, 0.3) is 6.08 Å². The van der Waals surface area contributed by atoms with Crippen LogP contribution < -0.4 is 0 Å². The number of piperazine rings is 1. The third-order valence-electron chi connectivity index (χ3n) is 3.99. The summed E-state index contributed by atoms with van der Waals surface area (Å²) in [5.74, 6) is -0.158. The van der Waals surface area contributed by atoms with Crippen LogP contribution in [0.5, 0.6) is 0 Å². The van der Waals surface area contributed by atoms with Crippen LogP contribution >= 0.6 is 15.9 Å². The molecular formula is C17H16BrFN2O4S. The summed E-state index contributed by atoms with van der Waals surface area (Å²) in [6.07, 6.45) is 2.96. The van der Waals surface area contributed by atoms with Gasteiger partial charge < -0.3 is 9.32 Å². The van der Waals surface area contributed by atoms with E-state index in [4.69, 9.17) is 4.42 Å². The fourth-order valence-corrected chi connectivity index (χ4v) is 4.32. The number of carbonyl (C=O) groups is 1. The Kier molecular flexibility index (Phi) is 5.59.